The molecule has 4 nitrogen and oxygen atoms in total. The maximum absolute atomic E-state index is 11.1. The Morgan fingerprint density at radius 1 is 1.43 bits per heavy atom. The second-order valence-corrected chi connectivity index (χ2v) is 3.29. The van der Waals surface area contributed by atoms with Crippen molar-refractivity contribution in [1.29, 1.82) is 0 Å². The summed E-state index contributed by atoms with van der Waals surface area (Å²) in [4.78, 5) is 14.1. The van der Waals surface area contributed by atoms with Crippen LogP contribution in [0.3, 0.4) is 0 Å². The summed E-state index contributed by atoms with van der Waals surface area (Å²) in [6.07, 6.45) is 1.59. The van der Waals surface area contributed by atoms with Gasteiger partial charge in [-0.25, -0.2) is 0 Å². The van der Waals surface area contributed by atoms with E-state index in [4.69, 9.17) is 11.5 Å². The fraction of sp³-hybridized carbons (Fsp3) is 0.100. The molecule has 72 valence electrons. The summed E-state index contributed by atoms with van der Waals surface area (Å²) < 4.78 is 0. The largest absolute Gasteiger partial charge is 0.397 e. The number of carbonyl (C=O) groups excluding carboxylic acids is 1. The van der Waals surface area contributed by atoms with Gasteiger partial charge in [-0.15, -0.1) is 0 Å². The molecule has 0 saturated carbocycles. The summed E-state index contributed by atoms with van der Waals surface area (Å²) in [5, 5.41) is 0.817. The van der Waals surface area contributed by atoms with Gasteiger partial charge in [-0.05, 0) is 18.6 Å². The van der Waals surface area contributed by atoms with E-state index in [9.17, 15) is 4.79 Å². The van der Waals surface area contributed by atoms with Crippen LogP contribution >= 0.6 is 0 Å². The van der Waals surface area contributed by atoms with Crippen molar-refractivity contribution in [3.63, 3.8) is 0 Å². The molecule has 1 aromatic carbocycles. The van der Waals surface area contributed by atoms with Crippen LogP contribution in [0, 0.1) is 6.92 Å². The molecule has 1 amide bonds. The van der Waals surface area contributed by atoms with Crippen molar-refractivity contribution < 1.29 is 4.79 Å². The van der Waals surface area contributed by atoms with Crippen molar-refractivity contribution in [2.45, 2.75) is 6.92 Å². The molecule has 0 aliphatic heterocycles. The van der Waals surface area contributed by atoms with Crippen LogP contribution in [-0.2, 0) is 0 Å². The molecule has 0 fully saturated rings. The van der Waals surface area contributed by atoms with Crippen molar-refractivity contribution in [1.82, 2.24) is 4.98 Å². The van der Waals surface area contributed by atoms with Crippen LogP contribution in [0.2, 0.25) is 0 Å². The maximum atomic E-state index is 11.1. The quantitative estimate of drug-likeness (QED) is 0.588. The second-order valence-electron chi connectivity index (χ2n) is 3.29. The second kappa shape index (κ2) is 2.77. The Morgan fingerprint density at radius 2 is 2.14 bits per heavy atom. The van der Waals surface area contributed by atoms with E-state index >= 15 is 0 Å². The highest BCUT2D eigenvalue weighted by molar-refractivity contribution is 6.09. The van der Waals surface area contributed by atoms with Gasteiger partial charge in [-0.1, -0.05) is 6.07 Å². The summed E-state index contributed by atoms with van der Waals surface area (Å²) >= 11 is 0. The van der Waals surface area contributed by atoms with E-state index in [0.717, 1.165) is 16.5 Å². The number of fused-ring (bicyclic) bond motifs is 1. The third-order valence-electron chi connectivity index (χ3n) is 2.34. The smallest absolute Gasteiger partial charge is 0.250 e. The summed E-state index contributed by atoms with van der Waals surface area (Å²) in [7, 11) is 0. The number of nitrogens with two attached hydrogens (primary N) is 2. The van der Waals surface area contributed by atoms with Crippen LogP contribution in [0.25, 0.3) is 10.9 Å². The number of hydrogen-bond acceptors (Lipinski definition) is 2. The van der Waals surface area contributed by atoms with Gasteiger partial charge in [-0.2, -0.15) is 0 Å². The third-order valence-corrected chi connectivity index (χ3v) is 2.34. The van der Waals surface area contributed by atoms with E-state index < -0.39 is 5.91 Å². The van der Waals surface area contributed by atoms with E-state index in [1.54, 1.807) is 12.3 Å². The van der Waals surface area contributed by atoms with Gasteiger partial charge in [0.25, 0.3) is 5.91 Å². The SMILES string of the molecule is Cc1ccc(N)c2[nH]cc(C(N)=O)c12. The van der Waals surface area contributed by atoms with E-state index in [0.29, 0.717) is 11.3 Å². The van der Waals surface area contributed by atoms with E-state index in [-0.39, 0.29) is 0 Å². The summed E-state index contributed by atoms with van der Waals surface area (Å²) in [6.45, 7) is 1.92. The minimum absolute atomic E-state index is 0.440. The standard InChI is InChI=1S/C10H11N3O/c1-5-2-3-7(11)9-8(5)6(4-13-9)10(12)14/h2-4,13H,11H2,1H3,(H2,12,14). The molecule has 2 aromatic rings. The average Bonchev–Trinajstić information content (AvgIpc) is 2.56. The zero-order chi connectivity index (χ0) is 10.3. The zero-order valence-electron chi connectivity index (χ0n) is 7.79. The van der Waals surface area contributed by atoms with Crippen molar-refractivity contribution >= 4 is 22.5 Å². The summed E-state index contributed by atoms with van der Waals surface area (Å²) in [5.41, 5.74) is 13.9. The lowest BCUT2D eigenvalue weighted by atomic mass is 10.1. The van der Waals surface area contributed by atoms with Crippen LogP contribution < -0.4 is 11.5 Å². The predicted octanol–water partition coefficient (Wildman–Crippen LogP) is 1.16. The van der Waals surface area contributed by atoms with Crippen LogP contribution in [0.15, 0.2) is 18.3 Å². The molecule has 5 N–H and O–H groups in total. The Labute approximate surface area is 80.9 Å². The van der Waals surface area contributed by atoms with Crippen molar-refractivity contribution in [2.75, 3.05) is 5.73 Å². The lowest BCUT2D eigenvalue weighted by molar-refractivity contribution is 0.100. The Kier molecular flexibility index (Phi) is 1.70. The topological polar surface area (TPSA) is 84.9 Å². The van der Waals surface area contributed by atoms with E-state index in [2.05, 4.69) is 4.98 Å². The number of nitrogen functional groups attached to an aromatic ring is 1. The number of hydrogen-bond donors (Lipinski definition) is 3. The fourth-order valence-electron chi connectivity index (χ4n) is 1.64. The summed E-state index contributed by atoms with van der Waals surface area (Å²) in [5.74, 6) is -0.440. The normalized spacial score (nSPS) is 10.6. The molecule has 0 aliphatic rings. The number of primary amides is 1. The Balaban J connectivity index is 2.90. The number of carbonyl (C=O) groups is 1. The number of benzene rings is 1. The molecule has 0 atom stereocenters. The molecule has 4 heteroatoms. The Morgan fingerprint density at radius 3 is 2.79 bits per heavy atom. The highest BCUT2D eigenvalue weighted by Gasteiger charge is 2.12. The summed E-state index contributed by atoms with van der Waals surface area (Å²) in [6, 6.07) is 3.68. The Hall–Kier alpha value is -1.97. The number of aromatic amines is 1. The first-order valence-corrected chi connectivity index (χ1v) is 4.27. The number of H-pyrrole nitrogens is 1. The maximum Gasteiger partial charge on any atom is 0.250 e. The van der Waals surface area contributed by atoms with Gasteiger partial charge in [0.2, 0.25) is 0 Å². The van der Waals surface area contributed by atoms with Gasteiger partial charge in [0, 0.05) is 11.6 Å². The first kappa shape index (κ1) is 8.62. The molecule has 2 rings (SSSR count). The number of nitrogens with one attached hydrogen (secondary N) is 1. The van der Waals surface area contributed by atoms with Gasteiger partial charge in [0.15, 0.2) is 0 Å². The Bertz CT molecular complexity index is 513. The first-order valence-electron chi connectivity index (χ1n) is 4.27. The molecule has 0 saturated heterocycles. The van der Waals surface area contributed by atoms with E-state index in [1.165, 1.54) is 0 Å². The molecule has 0 radical (unpaired) electrons. The third kappa shape index (κ3) is 1.04. The molecular formula is C10H11N3O. The molecular weight excluding hydrogens is 178 g/mol. The monoisotopic (exact) mass is 189 g/mol. The molecule has 0 aliphatic carbocycles. The molecule has 0 spiro atoms. The highest BCUT2D eigenvalue weighted by Crippen LogP contribution is 2.26. The lowest BCUT2D eigenvalue weighted by Gasteiger charge is -2.01. The van der Waals surface area contributed by atoms with E-state index in [1.807, 2.05) is 13.0 Å². The van der Waals surface area contributed by atoms with Crippen LogP contribution in [0.1, 0.15) is 15.9 Å². The van der Waals surface area contributed by atoms with Gasteiger partial charge in [0.1, 0.15) is 0 Å². The first-order chi connectivity index (χ1) is 6.61. The van der Waals surface area contributed by atoms with Gasteiger partial charge in [-0.3, -0.25) is 4.79 Å². The molecule has 14 heavy (non-hydrogen) atoms. The molecule has 0 bridgehead atoms. The fourth-order valence-corrected chi connectivity index (χ4v) is 1.64. The van der Waals surface area contributed by atoms with Crippen molar-refractivity contribution in [3.05, 3.63) is 29.5 Å². The van der Waals surface area contributed by atoms with Crippen LogP contribution in [-0.4, -0.2) is 10.9 Å². The molecule has 0 unspecified atom stereocenters. The minimum Gasteiger partial charge on any atom is -0.397 e. The predicted molar refractivity (Wildman–Crippen MR) is 56.0 cm³/mol. The van der Waals surface area contributed by atoms with Crippen molar-refractivity contribution in [2.24, 2.45) is 5.73 Å². The number of anilines is 1. The minimum atomic E-state index is -0.440. The number of aromatic nitrogens is 1. The zero-order valence-corrected chi connectivity index (χ0v) is 7.79. The number of aryl methyl sites for hydroxylation is 1. The van der Waals surface area contributed by atoms with Crippen molar-refractivity contribution in [3.8, 4) is 0 Å². The van der Waals surface area contributed by atoms with Gasteiger partial charge in [0.05, 0.1) is 16.8 Å². The van der Waals surface area contributed by atoms with Crippen LogP contribution in [0.4, 0.5) is 5.69 Å². The molecule has 1 aromatic heterocycles. The molecule has 1 heterocycles. The number of rotatable bonds is 1. The van der Waals surface area contributed by atoms with Gasteiger partial charge >= 0.3 is 0 Å². The lowest BCUT2D eigenvalue weighted by Crippen LogP contribution is -2.10. The highest BCUT2D eigenvalue weighted by atomic mass is 16.1. The number of amides is 1. The van der Waals surface area contributed by atoms with Crippen LogP contribution in [0.5, 0.6) is 0 Å². The van der Waals surface area contributed by atoms with Gasteiger partial charge < -0.3 is 16.5 Å². The average molecular weight is 189 g/mol.